The van der Waals surface area contributed by atoms with Gasteiger partial charge in [-0.3, -0.25) is 9.79 Å². The maximum Gasteiger partial charge on any atom is 0.527 e. The summed E-state index contributed by atoms with van der Waals surface area (Å²) in [7, 11) is -4.75. The molecule has 0 aromatic heterocycles. The second-order valence-electron chi connectivity index (χ2n) is 2.37. The molecule has 0 radical (unpaired) electrons. The number of hydrogen-bond acceptors (Lipinski definition) is 4. The third-order valence-corrected chi connectivity index (χ3v) is 1.50. The van der Waals surface area contributed by atoms with Gasteiger partial charge >= 0.3 is 13.8 Å². The standard InChI is InChI=1S/C6H11O6P/c1-5(2-3-7)4-6(8)12-13(9,10)11/h4,7H,2-3H2,1H3,(H2,9,10,11). The molecule has 0 saturated carbocycles. The highest BCUT2D eigenvalue weighted by molar-refractivity contribution is 7.46. The van der Waals surface area contributed by atoms with Gasteiger partial charge in [0.2, 0.25) is 0 Å². The predicted octanol–water partition coefficient (Wildman–Crippen LogP) is -0.0490. The topological polar surface area (TPSA) is 104 Å². The molecule has 0 aromatic rings. The SMILES string of the molecule is CC(=CC(=O)OP(=O)(O)O)CCO. The van der Waals surface area contributed by atoms with Gasteiger partial charge in [-0.25, -0.2) is 9.36 Å². The number of phosphoric ester groups is 1. The Bertz CT molecular complexity index is 252. The Kier molecular flexibility index (Phi) is 4.87. The Hall–Kier alpha value is -0.680. The Morgan fingerprint density at radius 1 is 1.54 bits per heavy atom. The van der Waals surface area contributed by atoms with Crippen LogP contribution in [0.2, 0.25) is 0 Å². The molecule has 76 valence electrons. The number of phosphoric acid groups is 1. The zero-order valence-corrected chi connectivity index (χ0v) is 7.90. The van der Waals surface area contributed by atoms with Crippen LogP contribution in [0.15, 0.2) is 11.6 Å². The molecule has 0 aliphatic rings. The van der Waals surface area contributed by atoms with Crippen molar-refractivity contribution in [3.8, 4) is 0 Å². The molecule has 0 atom stereocenters. The minimum Gasteiger partial charge on any atom is -0.396 e. The van der Waals surface area contributed by atoms with Crippen LogP contribution in [0.25, 0.3) is 0 Å². The summed E-state index contributed by atoms with van der Waals surface area (Å²) in [6.45, 7) is 1.41. The Labute approximate surface area is 75.1 Å². The quantitative estimate of drug-likeness (QED) is 0.444. The highest BCUT2D eigenvalue weighted by Crippen LogP contribution is 2.35. The maximum absolute atomic E-state index is 10.7. The molecular weight excluding hydrogens is 199 g/mol. The molecule has 13 heavy (non-hydrogen) atoms. The lowest BCUT2D eigenvalue weighted by Gasteiger charge is -2.02. The van der Waals surface area contributed by atoms with Crippen molar-refractivity contribution >= 4 is 13.8 Å². The molecule has 0 amide bonds. The average Bonchev–Trinajstić information content (AvgIpc) is 1.81. The van der Waals surface area contributed by atoms with E-state index in [1.807, 2.05) is 0 Å². The summed E-state index contributed by atoms with van der Waals surface area (Å²) >= 11 is 0. The van der Waals surface area contributed by atoms with Crippen molar-refractivity contribution in [2.45, 2.75) is 13.3 Å². The summed E-state index contributed by atoms with van der Waals surface area (Å²) in [4.78, 5) is 27.1. The normalized spacial score (nSPS) is 12.8. The van der Waals surface area contributed by atoms with Gasteiger partial charge in [-0.1, -0.05) is 5.57 Å². The largest absolute Gasteiger partial charge is 0.527 e. The Morgan fingerprint density at radius 2 is 2.08 bits per heavy atom. The number of rotatable bonds is 4. The first-order valence-electron chi connectivity index (χ1n) is 3.42. The van der Waals surface area contributed by atoms with Gasteiger partial charge in [0.1, 0.15) is 0 Å². The van der Waals surface area contributed by atoms with E-state index in [9.17, 15) is 9.36 Å². The zero-order chi connectivity index (χ0) is 10.5. The lowest BCUT2D eigenvalue weighted by Crippen LogP contribution is -1.99. The van der Waals surface area contributed by atoms with Crippen LogP contribution in [0.3, 0.4) is 0 Å². The molecule has 0 heterocycles. The zero-order valence-electron chi connectivity index (χ0n) is 7.01. The first-order chi connectivity index (χ1) is 5.85. The molecular formula is C6H11O6P. The molecule has 0 spiro atoms. The molecule has 3 N–H and O–H groups in total. The average molecular weight is 210 g/mol. The van der Waals surface area contributed by atoms with Gasteiger partial charge in [-0.05, 0) is 13.3 Å². The molecule has 7 heteroatoms. The summed E-state index contributed by atoms with van der Waals surface area (Å²) in [5, 5.41) is 8.44. The molecule has 0 bridgehead atoms. The number of aliphatic hydroxyl groups is 1. The molecule has 0 aromatic carbocycles. The lowest BCUT2D eigenvalue weighted by atomic mass is 10.2. The summed E-state index contributed by atoms with van der Waals surface area (Å²) in [5.41, 5.74) is 0.487. The van der Waals surface area contributed by atoms with Gasteiger partial charge in [0, 0.05) is 12.7 Å². The number of carbonyl (C=O) groups is 1. The van der Waals surface area contributed by atoms with Crippen LogP contribution in [0, 0.1) is 0 Å². The molecule has 6 nitrogen and oxygen atoms in total. The van der Waals surface area contributed by atoms with Crippen molar-refractivity contribution in [3.05, 3.63) is 11.6 Å². The van der Waals surface area contributed by atoms with E-state index in [-0.39, 0.29) is 13.0 Å². The summed E-state index contributed by atoms with van der Waals surface area (Å²) in [5.74, 6) is -1.11. The predicted molar refractivity (Wildman–Crippen MR) is 43.6 cm³/mol. The second kappa shape index (κ2) is 5.14. The van der Waals surface area contributed by atoms with Gasteiger partial charge in [0.15, 0.2) is 0 Å². The fourth-order valence-corrected chi connectivity index (χ4v) is 0.880. The van der Waals surface area contributed by atoms with Gasteiger partial charge in [-0.2, -0.15) is 0 Å². The number of carbonyl (C=O) groups excluding carboxylic acids is 1. The molecule has 0 unspecified atom stereocenters. The van der Waals surface area contributed by atoms with Crippen molar-refractivity contribution in [2.75, 3.05) is 6.61 Å². The fraction of sp³-hybridized carbons (Fsp3) is 0.500. The third kappa shape index (κ3) is 7.67. The minimum absolute atomic E-state index is 0.133. The van der Waals surface area contributed by atoms with Crippen molar-refractivity contribution < 1.29 is 28.8 Å². The second-order valence-corrected chi connectivity index (χ2v) is 3.53. The van der Waals surface area contributed by atoms with Crippen LogP contribution in [-0.2, 0) is 13.9 Å². The lowest BCUT2D eigenvalue weighted by molar-refractivity contribution is -0.130. The van der Waals surface area contributed by atoms with Crippen LogP contribution in [0.1, 0.15) is 13.3 Å². The van der Waals surface area contributed by atoms with Crippen molar-refractivity contribution in [1.29, 1.82) is 0 Å². The number of hydrogen-bond donors (Lipinski definition) is 3. The van der Waals surface area contributed by atoms with E-state index in [2.05, 4.69) is 4.52 Å². The monoisotopic (exact) mass is 210 g/mol. The van der Waals surface area contributed by atoms with Crippen LogP contribution >= 0.6 is 7.82 Å². The van der Waals surface area contributed by atoms with E-state index in [1.54, 1.807) is 0 Å². The van der Waals surface area contributed by atoms with E-state index in [0.717, 1.165) is 6.08 Å². The minimum atomic E-state index is -4.75. The van der Waals surface area contributed by atoms with Gasteiger partial charge in [-0.15, -0.1) is 0 Å². The highest BCUT2D eigenvalue weighted by atomic mass is 31.2. The van der Waals surface area contributed by atoms with Crippen molar-refractivity contribution in [1.82, 2.24) is 0 Å². The summed E-state index contributed by atoms with van der Waals surface area (Å²) in [6, 6.07) is 0. The first kappa shape index (κ1) is 12.3. The van der Waals surface area contributed by atoms with Crippen LogP contribution in [0.5, 0.6) is 0 Å². The number of aliphatic hydroxyl groups excluding tert-OH is 1. The van der Waals surface area contributed by atoms with Crippen LogP contribution in [0.4, 0.5) is 0 Å². The first-order valence-corrected chi connectivity index (χ1v) is 4.95. The molecule has 0 rings (SSSR count). The molecule has 0 saturated heterocycles. The molecule has 0 aliphatic carbocycles. The Morgan fingerprint density at radius 3 is 2.46 bits per heavy atom. The smallest absolute Gasteiger partial charge is 0.396 e. The summed E-state index contributed by atoms with van der Waals surface area (Å²) in [6.07, 6.45) is 1.19. The third-order valence-electron chi connectivity index (χ3n) is 1.08. The van der Waals surface area contributed by atoms with Gasteiger partial charge in [0.25, 0.3) is 0 Å². The van der Waals surface area contributed by atoms with Crippen molar-refractivity contribution in [3.63, 3.8) is 0 Å². The van der Waals surface area contributed by atoms with E-state index in [1.165, 1.54) is 6.92 Å². The maximum atomic E-state index is 10.7. The highest BCUT2D eigenvalue weighted by Gasteiger charge is 2.18. The van der Waals surface area contributed by atoms with E-state index < -0.39 is 13.8 Å². The fourth-order valence-electron chi connectivity index (χ4n) is 0.593. The van der Waals surface area contributed by atoms with E-state index in [0.29, 0.717) is 5.57 Å². The summed E-state index contributed by atoms with van der Waals surface area (Å²) < 4.78 is 13.9. The van der Waals surface area contributed by atoms with Crippen molar-refractivity contribution in [2.24, 2.45) is 0 Å². The van der Waals surface area contributed by atoms with Gasteiger partial charge in [0.05, 0.1) is 0 Å². The van der Waals surface area contributed by atoms with Gasteiger partial charge < -0.3 is 9.63 Å². The molecule has 0 aliphatic heterocycles. The Balaban J connectivity index is 4.15. The van der Waals surface area contributed by atoms with Crippen LogP contribution < -0.4 is 0 Å². The van der Waals surface area contributed by atoms with E-state index >= 15 is 0 Å². The molecule has 0 fully saturated rings. The van der Waals surface area contributed by atoms with Crippen LogP contribution in [-0.4, -0.2) is 27.5 Å². The van der Waals surface area contributed by atoms with E-state index in [4.69, 9.17) is 14.9 Å².